The highest BCUT2D eigenvalue weighted by Gasteiger charge is 2.39. The number of hydrogen-bond donors (Lipinski definition) is 1. The molecule has 0 fully saturated rings. The van der Waals surface area contributed by atoms with Crippen molar-refractivity contribution >= 4 is 88.6 Å². The number of benzene rings is 7. The minimum absolute atomic E-state index is 0.0566. The minimum Gasteiger partial charge on any atom is -0.354 e. The molecular weight excluding hydrogens is 719 g/mol. The van der Waals surface area contributed by atoms with Crippen LogP contribution in [-0.2, 0) is 16.2 Å². The van der Waals surface area contributed by atoms with Gasteiger partial charge in [0.2, 0.25) is 7.28 Å². The fourth-order valence-electron chi connectivity index (χ4n) is 10.0. The molecule has 0 saturated carbocycles. The van der Waals surface area contributed by atoms with Crippen LogP contribution in [0.25, 0.3) is 64.9 Å². The minimum atomic E-state index is 0.0566. The fourth-order valence-corrected chi connectivity index (χ4v) is 11.2. The van der Waals surface area contributed by atoms with Crippen molar-refractivity contribution < 1.29 is 0 Å². The number of fused-ring (bicyclic) bond motifs is 10. The first-order valence-electron chi connectivity index (χ1n) is 20.9. The number of H-pyrrole nitrogens is 1. The lowest BCUT2D eigenvalue weighted by atomic mass is 9.61. The third-order valence-electron chi connectivity index (χ3n) is 13.5. The topological polar surface area (TPSA) is 19.0 Å². The summed E-state index contributed by atoms with van der Waals surface area (Å²) in [4.78, 5) is 6.52. The molecule has 0 amide bonds. The molecule has 9 aromatic rings. The van der Waals surface area contributed by atoms with Gasteiger partial charge in [0.25, 0.3) is 0 Å². The van der Waals surface area contributed by atoms with Gasteiger partial charge in [-0.1, -0.05) is 139 Å². The summed E-state index contributed by atoms with van der Waals surface area (Å²) in [6.45, 7) is 16.7. The fraction of sp³-hybridized carbons (Fsp3) is 0.222. The molecule has 58 heavy (non-hydrogen) atoms. The van der Waals surface area contributed by atoms with Gasteiger partial charge in [0.1, 0.15) is 0 Å². The van der Waals surface area contributed by atoms with Crippen molar-refractivity contribution in [1.82, 2.24) is 4.98 Å². The van der Waals surface area contributed by atoms with Crippen LogP contribution in [0.2, 0.25) is 0 Å². The van der Waals surface area contributed by atoms with E-state index >= 15 is 0 Å². The van der Waals surface area contributed by atoms with Crippen molar-refractivity contribution in [3.05, 3.63) is 150 Å². The van der Waals surface area contributed by atoms with E-state index in [1.54, 1.807) is 0 Å². The Labute approximate surface area is 346 Å². The zero-order valence-electron chi connectivity index (χ0n) is 34.5. The molecule has 0 bridgehead atoms. The maximum Gasteiger partial charge on any atom is 0.211 e. The zero-order chi connectivity index (χ0) is 39.7. The number of aromatic amines is 1. The first-order chi connectivity index (χ1) is 27.9. The molecule has 7 aromatic carbocycles. The molecular formula is C54H48BN2S. The van der Waals surface area contributed by atoms with Gasteiger partial charge < -0.3 is 9.88 Å². The quantitative estimate of drug-likeness (QED) is 0.177. The molecule has 3 heterocycles. The van der Waals surface area contributed by atoms with Gasteiger partial charge in [-0.25, -0.2) is 0 Å². The van der Waals surface area contributed by atoms with Gasteiger partial charge in [-0.15, -0.1) is 11.3 Å². The molecule has 11 rings (SSSR count). The summed E-state index contributed by atoms with van der Waals surface area (Å²) in [6.07, 6.45) is 2.39. The van der Waals surface area contributed by atoms with E-state index in [2.05, 4.69) is 199 Å². The van der Waals surface area contributed by atoms with Crippen LogP contribution in [0.15, 0.2) is 133 Å². The van der Waals surface area contributed by atoms with Crippen molar-refractivity contribution in [2.75, 3.05) is 4.90 Å². The average Bonchev–Trinajstić information content (AvgIpc) is 3.79. The molecule has 0 atom stereocenters. The third-order valence-corrected chi connectivity index (χ3v) is 14.6. The highest BCUT2D eigenvalue weighted by atomic mass is 32.1. The predicted octanol–water partition coefficient (Wildman–Crippen LogP) is 14.1. The Hall–Kier alpha value is -5.58. The number of hydrogen-bond acceptors (Lipinski definition) is 2. The normalized spacial score (nSPS) is 15.7. The van der Waals surface area contributed by atoms with Crippen molar-refractivity contribution in [3.8, 4) is 22.3 Å². The first-order valence-corrected chi connectivity index (χ1v) is 21.7. The molecule has 2 nitrogen and oxygen atoms in total. The highest BCUT2D eigenvalue weighted by molar-refractivity contribution is 7.29. The summed E-state index contributed by atoms with van der Waals surface area (Å²) in [5, 5.41) is 6.43. The number of para-hydroxylation sites is 1. The molecule has 1 aliphatic carbocycles. The third kappa shape index (κ3) is 5.37. The number of rotatable bonds is 3. The van der Waals surface area contributed by atoms with Crippen molar-refractivity contribution in [1.29, 1.82) is 0 Å². The summed E-state index contributed by atoms with van der Waals surface area (Å²) >= 11 is 1.95. The Bertz CT molecular complexity index is 3120. The van der Waals surface area contributed by atoms with Crippen LogP contribution in [0, 0.1) is 0 Å². The Balaban J connectivity index is 1.22. The Morgan fingerprint density at radius 1 is 0.638 bits per heavy atom. The Morgan fingerprint density at radius 2 is 1.34 bits per heavy atom. The van der Waals surface area contributed by atoms with Crippen LogP contribution in [0.4, 0.5) is 17.1 Å². The van der Waals surface area contributed by atoms with Crippen molar-refractivity contribution in [3.63, 3.8) is 0 Å². The SMILES string of the molecule is CC(C)(C)c1ccc(N2c3cc(-c4ccccc4)cc(-c4cccc5c4[nH]c4ccc6ccccc6c45)c3[B]c3sc4cc5c(cc4c32)C(C)(C)CCC5(C)C)cc1. The second kappa shape index (κ2) is 12.5. The summed E-state index contributed by atoms with van der Waals surface area (Å²) in [5.41, 5.74) is 16.8. The van der Waals surface area contributed by atoms with E-state index in [-0.39, 0.29) is 16.2 Å². The molecule has 0 spiro atoms. The molecule has 4 heteroatoms. The van der Waals surface area contributed by atoms with E-state index in [0.717, 1.165) is 0 Å². The van der Waals surface area contributed by atoms with Crippen LogP contribution in [0.5, 0.6) is 0 Å². The number of thiophene rings is 1. The monoisotopic (exact) mass is 767 g/mol. The van der Waals surface area contributed by atoms with Crippen LogP contribution in [-0.4, -0.2) is 12.3 Å². The predicted molar refractivity (Wildman–Crippen MR) is 253 cm³/mol. The average molecular weight is 768 g/mol. The van der Waals surface area contributed by atoms with Crippen LogP contribution < -0.4 is 15.1 Å². The van der Waals surface area contributed by atoms with Crippen molar-refractivity contribution in [2.45, 2.75) is 77.6 Å². The van der Waals surface area contributed by atoms with Crippen LogP contribution >= 0.6 is 11.3 Å². The van der Waals surface area contributed by atoms with Crippen LogP contribution in [0.1, 0.15) is 78.0 Å². The van der Waals surface area contributed by atoms with E-state index in [9.17, 15) is 0 Å². The Kier molecular flexibility index (Phi) is 7.65. The van der Waals surface area contributed by atoms with E-state index in [4.69, 9.17) is 0 Å². The smallest absolute Gasteiger partial charge is 0.211 e. The second-order valence-electron chi connectivity index (χ2n) is 19.1. The van der Waals surface area contributed by atoms with E-state index in [0.29, 0.717) is 0 Å². The molecule has 2 aliphatic rings. The second-order valence-corrected chi connectivity index (χ2v) is 20.2. The molecule has 283 valence electrons. The molecule has 1 N–H and O–H groups in total. The van der Waals surface area contributed by atoms with Gasteiger partial charge in [0.05, 0.1) is 11.2 Å². The summed E-state index contributed by atoms with van der Waals surface area (Å²) in [7, 11) is 2.51. The van der Waals surface area contributed by atoms with Crippen LogP contribution in [0.3, 0.4) is 0 Å². The summed E-state index contributed by atoms with van der Waals surface area (Å²) in [5.74, 6) is 0. The first kappa shape index (κ1) is 35.6. The van der Waals surface area contributed by atoms with Gasteiger partial charge in [0, 0.05) is 43.3 Å². The zero-order valence-corrected chi connectivity index (χ0v) is 35.4. The number of nitrogens with zero attached hydrogens (tertiary/aromatic N) is 1. The Morgan fingerprint density at radius 3 is 2.10 bits per heavy atom. The van der Waals surface area contributed by atoms with Gasteiger partial charge in [-0.3, -0.25) is 0 Å². The maximum absolute atomic E-state index is 3.93. The standard InChI is InChI=1S/C54H48BN2S/c1-52(2,3)35-21-23-36(24-22-35)57-45-29-34(32-14-9-8-10-15-32)28-40(38-18-13-19-39-47-37-17-12-11-16-33(37)20-25-44(47)56-49(38)39)48(45)55-51-50(57)41-30-42-43(31-46(41)58-51)54(6,7)27-26-53(42,4)5/h8-25,28-31,56H,26-27H2,1-7H3. The van der Waals surface area contributed by atoms with Gasteiger partial charge >= 0.3 is 0 Å². The lowest BCUT2D eigenvalue weighted by molar-refractivity contribution is 0.332. The van der Waals surface area contributed by atoms with E-state index < -0.39 is 0 Å². The summed E-state index contributed by atoms with van der Waals surface area (Å²) < 4.78 is 2.67. The summed E-state index contributed by atoms with van der Waals surface area (Å²) in [6, 6.07) is 50.4. The maximum atomic E-state index is 3.93. The van der Waals surface area contributed by atoms with E-state index in [1.165, 1.54) is 122 Å². The number of nitrogens with one attached hydrogen (secondary N) is 1. The van der Waals surface area contributed by atoms with Gasteiger partial charge in [-0.2, -0.15) is 0 Å². The highest BCUT2D eigenvalue weighted by Crippen LogP contribution is 2.51. The molecule has 0 saturated heterocycles. The molecule has 1 aliphatic heterocycles. The lowest BCUT2D eigenvalue weighted by Gasteiger charge is -2.42. The van der Waals surface area contributed by atoms with Gasteiger partial charge in [-0.05, 0) is 126 Å². The van der Waals surface area contributed by atoms with E-state index in [1.807, 2.05) is 11.3 Å². The largest absolute Gasteiger partial charge is 0.354 e. The molecule has 0 unspecified atom stereocenters. The molecule has 2 aromatic heterocycles. The molecule has 1 radical (unpaired) electrons. The number of aromatic nitrogens is 1. The lowest BCUT2D eigenvalue weighted by Crippen LogP contribution is -2.39. The number of anilines is 3. The van der Waals surface area contributed by atoms with Crippen molar-refractivity contribution in [2.24, 2.45) is 0 Å². The van der Waals surface area contributed by atoms with Gasteiger partial charge in [0.15, 0.2) is 0 Å².